The summed E-state index contributed by atoms with van der Waals surface area (Å²) in [6.07, 6.45) is 3.44. The number of hydrogen-bond donors (Lipinski definition) is 2. The zero-order valence-corrected chi connectivity index (χ0v) is 15.3. The molecule has 2 N–H and O–H groups in total. The number of fused-ring (bicyclic) bond motifs is 1. The van der Waals surface area contributed by atoms with Crippen molar-refractivity contribution in [3.05, 3.63) is 53.6 Å². The van der Waals surface area contributed by atoms with E-state index in [1.807, 2.05) is 24.3 Å². The number of aromatic hydroxyl groups is 1. The van der Waals surface area contributed by atoms with Crippen LogP contribution >= 0.6 is 0 Å². The Morgan fingerprint density at radius 1 is 1.11 bits per heavy atom. The van der Waals surface area contributed by atoms with E-state index in [2.05, 4.69) is 11.4 Å². The van der Waals surface area contributed by atoms with Crippen LogP contribution in [0.5, 0.6) is 17.2 Å². The summed E-state index contributed by atoms with van der Waals surface area (Å²) in [6.45, 7) is 1.67. The Bertz CT molecular complexity index is 816. The number of hydrogen-bond acceptors (Lipinski definition) is 4. The molecule has 2 aromatic rings. The fraction of sp³-hybridized carbons (Fsp3) is 0.409. The van der Waals surface area contributed by atoms with Crippen LogP contribution in [0.2, 0.25) is 0 Å². The summed E-state index contributed by atoms with van der Waals surface area (Å²) in [5.41, 5.74) is 2.00. The second-order valence-electron chi connectivity index (χ2n) is 7.28. The summed E-state index contributed by atoms with van der Waals surface area (Å²) in [6, 6.07) is 13.3. The third-order valence-corrected chi connectivity index (χ3v) is 5.30. The largest absolute Gasteiger partial charge is 0.508 e. The van der Waals surface area contributed by atoms with E-state index in [1.54, 1.807) is 12.1 Å². The SMILES string of the molecule is O=C(CC(c1ccc2c(c1)OCCO2)C1CC1)NCCc1ccccc1O. The fourth-order valence-corrected chi connectivity index (χ4v) is 3.68. The predicted octanol–water partition coefficient (Wildman–Crippen LogP) is 3.41. The van der Waals surface area contributed by atoms with Crippen molar-refractivity contribution in [1.29, 1.82) is 0 Å². The Labute approximate surface area is 159 Å². The van der Waals surface area contributed by atoms with Gasteiger partial charge in [-0.1, -0.05) is 24.3 Å². The van der Waals surface area contributed by atoms with Crippen LogP contribution in [0.3, 0.4) is 0 Å². The van der Waals surface area contributed by atoms with E-state index in [-0.39, 0.29) is 17.6 Å². The molecule has 5 heteroatoms. The van der Waals surface area contributed by atoms with Gasteiger partial charge in [0.25, 0.3) is 0 Å². The maximum atomic E-state index is 12.5. The molecular formula is C22H25NO4. The van der Waals surface area contributed by atoms with Gasteiger partial charge in [0, 0.05) is 13.0 Å². The van der Waals surface area contributed by atoms with Gasteiger partial charge in [0.05, 0.1) is 0 Å². The maximum absolute atomic E-state index is 12.5. The number of rotatable bonds is 7. The van der Waals surface area contributed by atoms with Crippen LogP contribution < -0.4 is 14.8 Å². The lowest BCUT2D eigenvalue weighted by molar-refractivity contribution is -0.121. The number of carbonyl (C=O) groups is 1. The van der Waals surface area contributed by atoms with Crippen LogP contribution in [0.25, 0.3) is 0 Å². The minimum Gasteiger partial charge on any atom is -0.508 e. The fourth-order valence-electron chi connectivity index (χ4n) is 3.68. The van der Waals surface area contributed by atoms with Crippen LogP contribution in [-0.4, -0.2) is 30.8 Å². The minimum atomic E-state index is 0.0530. The third-order valence-electron chi connectivity index (χ3n) is 5.30. The molecule has 1 amide bonds. The highest BCUT2D eigenvalue weighted by molar-refractivity contribution is 5.77. The molecule has 142 valence electrons. The van der Waals surface area contributed by atoms with Crippen molar-refractivity contribution in [2.24, 2.45) is 5.92 Å². The van der Waals surface area contributed by atoms with Crippen molar-refractivity contribution in [2.75, 3.05) is 19.8 Å². The van der Waals surface area contributed by atoms with Gasteiger partial charge in [-0.15, -0.1) is 0 Å². The molecule has 1 aliphatic carbocycles. The Morgan fingerprint density at radius 2 is 1.89 bits per heavy atom. The summed E-state index contributed by atoms with van der Waals surface area (Å²) < 4.78 is 11.3. The molecule has 1 aliphatic heterocycles. The van der Waals surface area contributed by atoms with Gasteiger partial charge in [-0.3, -0.25) is 4.79 Å². The lowest BCUT2D eigenvalue weighted by Gasteiger charge is -2.22. The molecule has 1 atom stereocenters. The van der Waals surface area contributed by atoms with Crippen molar-refractivity contribution in [3.63, 3.8) is 0 Å². The number of amides is 1. The van der Waals surface area contributed by atoms with E-state index in [9.17, 15) is 9.90 Å². The van der Waals surface area contributed by atoms with Gasteiger partial charge >= 0.3 is 0 Å². The van der Waals surface area contributed by atoms with E-state index < -0.39 is 0 Å². The second-order valence-corrected chi connectivity index (χ2v) is 7.28. The monoisotopic (exact) mass is 367 g/mol. The summed E-state index contributed by atoms with van der Waals surface area (Å²) in [7, 11) is 0. The molecule has 4 rings (SSSR count). The number of nitrogens with one attached hydrogen (secondary N) is 1. The number of phenols is 1. The van der Waals surface area contributed by atoms with Crippen LogP contribution in [0.15, 0.2) is 42.5 Å². The van der Waals surface area contributed by atoms with Crippen molar-refractivity contribution < 1.29 is 19.4 Å². The smallest absolute Gasteiger partial charge is 0.220 e. The van der Waals surface area contributed by atoms with Gasteiger partial charge in [-0.25, -0.2) is 0 Å². The van der Waals surface area contributed by atoms with E-state index in [0.717, 1.165) is 22.6 Å². The summed E-state index contributed by atoms with van der Waals surface area (Å²) in [4.78, 5) is 12.5. The number of benzene rings is 2. The molecule has 0 spiro atoms. The minimum absolute atomic E-state index is 0.0530. The maximum Gasteiger partial charge on any atom is 0.220 e. The molecule has 1 saturated carbocycles. The van der Waals surface area contributed by atoms with Crippen molar-refractivity contribution in [2.45, 2.75) is 31.6 Å². The molecule has 1 heterocycles. The number of carbonyl (C=O) groups excluding carboxylic acids is 1. The van der Waals surface area contributed by atoms with E-state index >= 15 is 0 Å². The lowest BCUT2D eigenvalue weighted by Crippen LogP contribution is -2.27. The molecule has 0 aromatic heterocycles. The molecule has 1 fully saturated rings. The Kier molecular flexibility index (Phi) is 5.19. The normalized spacial score (nSPS) is 16.6. The average Bonchev–Trinajstić information content (AvgIpc) is 3.52. The molecule has 0 radical (unpaired) electrons. The highest BCUT2D eigenvalue weighted by atomic mass is 16.6. The van der Waals surface area contributed by atoms with Crippen molar-refractivity contribution >= 4 is 5.91 Å². The first-order chi connectivity index (χ1) is 13.2. The zero-order valence-electron chi connectivity index (χ0n) is 15.3. The third kappa shape index (κ3) is 4.35. The molecule has 0 bridgehead atoms. The Morgan fingerprint density at radius 3 is 2.67 bits per heavy atom. The highest BCUT2D eigenvalue weighted by Crippen LogP contribution is 2.46. The standard InChI is InChI=1S/C22H25NO4/c24-19-4-2-1-3-16(19)9-10-23-22(25)14-18(15-5-6-15)17-7-8-20-21(13-17)27-12-11-26-20/h1-4,7-8,13,15,18,24H,5-6,9-12,14H2,(H,23,25). The Hall–Kier alpha value is -2.69. The topological polar surface area (TPSA) is 67.8 Å². The first kappa shape index (κ1) is 17.7. The quantitative estimate of drug-likeness (QED) is 0.787. The van der Waals surface area contributed by atoms with Gasteiger partial charge < -0.3 is 19.9 Å². The number of ether oxygens (including phenoxy) is 2. The average molecular weight is 367 g/mol. The molecule has 1 unspecified atom stereocenters. The molecule has 0 saturated heterocycles. The molecule has 27 heavy (non-hydrogen) atoms. The van der Waals surface area contributed by atoms with Crippen LogP contribution in [0.1, 0.15) is 36.3 Å². The second kappa shape index (κ2) is 7.91. The summed E-state index contributed by atoms with van der Waals surface area (Å²) >= 11 is 0. The predicted molar refractivity (Wildman–Crippen MR) is 102 cm³/mol. The van der Waals surface area contributed by atoms with Gasteiger partial charge in [0.2, 0.25) is 5.91 Å². The van der Waals surface area contributed by atoms with Crippen LogP contribution in [-0.2, 0) is 11.2 Å². The summed E-state index contributed by atoms with van der Waals surface area (Å²) in [5.74, 6) is 2.68. The Balaban J connectivity index is 1.36. The van der Waals surface area contributed by atoms with Crippen molar-refractivity contribution in [1.82, 2.24) is 5.32 Å². The molecule has 2 aromatic carbocycles. The number of para-hydroxylation sites is 1. The van der Waals surface area contributed by atoms with Crippen molar-refractivity contribution in [3.8, 4) is 17.2 Å². The lowest BCUT2D eigenvalue weighted by atomic mass is 9.90. The van der Waals surface area contributed by atoms with Crippen LogP contribution in [0, 0.1) is 5.92 Å². The van der Waals surface area contributed by atoms with E-state index in [4.69, 9.17) is 9.47 Å². The molecular weight excluding hydrogens is 342 g/mol. The summed E-state index contributed by atoms with van der Waals surface area (Å²) in [5, 5.41) is 12.8. The van der Waals surface area contributed by atoms with Gasteiger partial charge in [0.1, 0.15) is 19.0 Å². The zero-order chi connectivity index (χ0) is 18.6. The molecule has 2 aliphatic rings. The molecule has 5 nitrogen and oxygen atoms in total. The van der Waals surface area contributed by atoms with Gasteiger partial charge in [-0.05, 0) is 60.4 Å². The first-order valence-electron chi connectivity index (χ1n) is 9.64. The van der Waals surface area contributed by atoms with Crippen LogP contribution in [0.4, 0.5) is 0 Å². The highest BCUT2D eigenvalue weighted by Gasteiger charge is 2.34. The first-order valence-corrected chi connectivity index (χ1v) is 9.64. The van der Waals surface area contributed by atoms with E-state index in [1.165, 1.54) is 12.8 Å². The van der Waals surface area contributed by atoms with Gasteiger partial charge in [-0.2, -0.15) is 0 Å². The number of phenolic OH excluding ortho intramolecular Hbond substituents is 1. The van der Waals surface area contributed by atoms with E-state index in [0.29, 0.717) is 38.5 Å². The van der Waals surface area contributed by atoms with Gasteiger partial charge in [0.15, 0.2) is 11.5 Å².